The van der Waals surface area contributed by atoms with Gasteiger partial charge in [-0.1, -0.05) is 0 Å². The lowest BCUT2D eigenvalue weighted by atomic mass is 10.5. The van der Waals surface area contributed by atoms with Crippen molar-refractivity contribution in [3.05, 3.63) is 12.3 Å². The summed E-state index contributed by atoms with van der Waals surface area (Å²) in [6.07, 6.45) is 3.28. The number of hydroxylamine groups is 3. The van der Waals surface area contributed by atoms with Gasteiger partial charge in [0.2, 0.25) is 0 Å². The molecular formula is C9H18NO3+. The predicted octanol–water partition coefficient (Wildman–Crippen LogP) is 1.31. The average molecular weight is 188 g/mol. The van der Waals surface area contributed by atoms with Gasteiger partial charge in [0.25, 0.3) is 0 Å². The van der Waals surface area contributed by atoms with E-state index in [0.717, 1.165) is 0 Å². The number of carbonyl (C=O) groups excluding carboxylic acids is 1. The predicted molar refractivity (Wildman–Crippen MR) is 48.9 cm³/mol. The molecule has 0 aliphatic carbocycles. The third-order valence-corrected chi connectivity index (χ3v) is 1.86. The molecule has 0 spiro atoms. The zero-order valence-electron chi connectivity index (χ0n) is 8.49. The van der Waals surface area contributed by atoms with Gasteiger partial charge in [-0.05, 0) is 13.8 Å². The Bertz CT molecular complexity index is 185. The van der Waals surface area contributed by atoms with Crippen molar-refractivity contribution in [3.63, 3.8) is 0 Å². The molecule has 0 unspecified atom stereocenters. The summed E-state index contributed by atoms with van der Waals surface area (Å²) in [6, 6.07) is 0. The monoisotopic (exact) mass is 188 g/mol. The number of carbonyl (C=O) groups is 1. The van der Waals surface area contributed by atoms with E-state index in [1.54, 1.807) is 12.3 Å². The van der Waals surface area contributed by atoms with Crippen molar-refractivity contribution in [3.8, 4) is 0 Å². The second-order valence-corrected chi connectivity index (χ2v) is 2.81. The summed E-state index contributed by atoms with van der Waals surface area (Å²) in [5.74, 6) is -0.311. The fraction of sp³-hybridized carbons (Fsp3) is 0.667. The van der Waals surface area contributed by atoms with Gasteiger partial charge in [-0.3, -0.25) is 4.79 Å². The Morgan fingerprint density at radius 3 is 2.38 bits per heavy atom. The van der Waals surface area contributed by atoms with E-state index in [9.17, 15) is 10.0 Å². The second kappa shape index (κ2) is 5.72. The van der Waals surface area contributed by atoms with Crippen LogP contribution in [0, 0.1) is 0 Å². The Labute approximate surface area is 79.0 Å². The van der Waals surface area contributed by atoms with Crippen LogP contribution in [0.4, 0.5) is 0 Å². The van der Waals surface area contributed by atoms with Crippen molar-refractivity contribution in [1.82, 2.24) is 0 Å². The molecule has 0 bridgehead atoms. The highest BCUT2D eigenvalue weighted by atomic mass is 16.5. The van der Waals surface area contributed by atoms with Crippen molar-refractivity contribution in [2.24, 2.45) is 0 Å². The minimum atomic E-state index is -0.311. The van der Waals surface area contributed by atoms with Gasteiger partial charge in [-0.15, -0.1) is 0 Å². The van der Waals surface area contributed by atoms with Crippen LogP contribution in [0.2, 0.25) is 0 Å². The highest BCUT2D eigenvalue weighted by molar-refractivity contribution is 5.65. The summed E-state index contributed by atoms with van der Waals surface area (Å²) in [5.41, 5.74) is 0. The molecule has 0 heterocycles. The Hall–Kier alpha value is -0.870. The normalized spacial score (nSPS) is 12.0. The van der Waals surface area contributed by atoms with E-state index in [2.05, 4.69) is 4.74 Å². The van der Waals surface area contributed by atoms with Gasteiger partial charge in [0, 0.05) is 13.0 Å². The molecule has 0 amide bonds. The molecule has 4 nitrogen and oxygen atoms in total. The van der Waals surface area contributed by atoms with Gasteiger partial charge < -0.3 is 4.74 Å². The molecule has 4 heteroatoms. The maximum Gasteiger partial charge on any atom is 0.302 e. The van der Waals surface area contributed by atoms with Gasteiger partial charge in [-0.25, -0.2) is 5.21 Å². The Balaban J connectivity index is 3.87. The lowest BCUT2D eigenvalue weighted by Gasteiger charge is -2.22. The minimum Gasteiger partial charge on any atom is -0.461 e. The van der Waals surface area contributed by atoms with Crippen molar-refractivity contribution >= 4 is 5.97 Å². The first-order chi connectivity index (χ1) is 6.04. The molecule has 0 saturated carbocycles. The second-order valence-electron chi connectivity index (χ2n) is 2.81. The summed E-state index contributed by atoms with van der Waals surface area (Å²) in [4.78, 5) is 10.4. The van der Waals surface area contributed by atoms with Gasteiger partial charge in [0.15, 0.2) is 0 Å². The van der Waals surface area contributed by atoms with E-state index >= 15 is 0 Å². The van der Waals surface area contributed by atoms with Crippen LogP contribution in [0.25, 0.3) is 0 Å². The Kier molecular flexibility index (Phi) is 5.34. The smallest absolute Gasteiger partial charge is 0.302 e. The summed E-state index contributed by atoms with van der Waals surface area (Å²) < 4.78 is 4.56. The van der Waals surface area contributed by atoms with E-state index in [4.69, 9.17) is 0 Å². The zero-order valence-corrected chi connectivity index (χ0v) is 8.49. The standard InChI is InChI=1S/C9H18NO3/c1-4-10(12,5-2)7-6-8-13-9(3)11/h6-7,12H,4-5,8H2,1-3H3/q+1/b7-6+. The summed E-state index contributed by atoms with van der Waals surface area (Å²) >= 11 is 0. The van der Waals surface area contributed by atoms with Crippen LogP contribution in [0.1, 0.15) is 20.8 Å². The number of hydrogen-bond donors (Lipinski definition) is 1. The molecule has 0 fully saturated rings. The molecule has 0 aromatic carbocycles. The van der Waals surface area contributed by atoms with Crippen LogP contribution in [-0.2, 0) is 9.53 Å². The number of esters is 1. The maximum atomic E-state index is 10.4. The third-order valence-electron chi connectivity index (χ3n) is 1.86. The van der Waals surface area contributed by atoms with E-state index in [0.29, 0.717) is 13.1 Å². The molecule has 0 saturated heterocycles. The number of quaternary nitrogens is 1. The molecule has 1 N–H and O–H groups in total. The third kappa shape index (κ3) is 5.38. The zero-order chi connectivity index (χ0) is 10.3. The molecular weight excluding hydrogens is 170 g/mol. The fourth-order valence-corrected chi connectivity index (χ4v) is 0.839. The minimum absolute atomic E-state index is 0.124. The van der Waals surface area contributed by atoms with Crippen molar-refractivity contribution in [2.75, 3.05) is 19.7 Å². The van der Waals surface area contributed by atoms with Crippen molar-refractivity contribution in [1.29, 1.82) is 0 Å². The molecule has 0 aliphatic heterocycles. The Morgan fingerprint density at radius 1 is 1.46 bits per heavy atom. The lowest BCUT2D eigenvalue weighted by Crippen LogP contribution is -2.38. The molecule has 0 radical (unpaired) electrons. The van der Waals surface area contributed by atoms with Crippen LogP contribution in [0.15, 0.2) is 12.3 Å². The highest BCUT2D eigenvalue weighted by Crippen LogP contribution is 2.01. The molecule has 0 atom stereocenters. The molecule has 0 aliphatic rings. The van der Waals surface area contributed by atoms with Crippen molar-refractivity contribution in [2.45, 2.75) is 20.8 Å². The van der Waals surface area contributed by atoms with Crippen LogP contribution in [0.5, 0.6) is 0 Å². The number of rotatable bonds is 5. The van der Waals surface area contributed by atoms with E-state index < -0.39 is 0 Å². The quantitative estimate of drug-likeness (QED) is 0.402. The molecule has 0 aromatic heterocycles. The van der Waals surface area contributed by atoms with Gasteiger partial charge >= 0.3 is 5.97 Å². The molecule has 0 rings (SSSR count). The van der Waals surface area contributed by atoms with Gasteiger partial charge in [0.1, 0.15) is 25.9 Å². The number of hydrogen-bond acceptors (Lipinski definition) is 3. The highest BCUT2D eigenvalue weighted by Gasteiger charge is 2.15. The largest absolute Gasteiger partial charge is 0.461 e. The van der Waals surface area contributed by atoms with Crippen LogP contribution in [-0.4, -0.2) is 35.5 Å². The lowest BCUT2D eigenvalue weighted by molar-refractivity contribution is -1.06. The van der Waals surface area contributed by atoms with Crippen LogP contribution < -0.4 is 0 Å². The number of nitrogens with zero attached hydrogens (tertiary/aromatic N) is 1. The summed E-state index contributed by atoms with van der Waals surface area (Å²) in [5, 5.41) is 9.70. The SMILES string of the molecule is CC[N+](O)(/C=C/COC(C)=O)CC. The maximum absolute atomic E-state index is 10.4. The molecule has 0 aromatic rings. The van der Waals surface area contributed by atoms with Crippen LogP contribution in [0.3, 0.4) is 0 Å². The van der Waals surface area contributed by atoms with E-state index in [1.807, 2.05) is 13.8 Å². The van der Waals surface area contributed by atoms with E-state index in [1.165, 1.54) is 6.92 Å². The van der Waals surface area contributed by atoms with E-state index in [-0.39, 0.29) is 17.2 Å². The average Bonchev–Trinajstić information content (AvgIpc) is 2.12. The summed E-state index contributed by atoms with van der Waals surface area (Å²) in [7, 11) is 0. The first-order valence-electron chi connectivity index (χ1n) is 4.44. The molecule has 76 valence electrons. The topological polar surface area (TPSA) is 46.5 Å². The molecule has 13 heavy (non-hydrogen) atoms. The van der Waals surface area contributed by atoms with Crippen LogP contribution >= 0.6 is 0 Å². The van der Waals surface area contributed by atoms with Crippen molar-refractivity contribution < 1.29 is 19.4 Å². The van der Waals surface area contributed by atoms with Gasteiger partial charge in [0.05, 0.1) is 0 Å². The fourth-order valence-electron chi connectivity index (χ4n) is 0.839. The first-order valence-corrected chi connectivity index (χ1v) is 4.44. The van der Waals surface area contributed by atoms with Gasteiger partial charge in [-0.2, -0.15) is 4.65 Å². The number of ether oxygens (including phenoxy) is 1. The first kappa shape index (κ1) is 12.1. The Morgan fingerprint density at radius 2 is 2.00 bits per heavy atom. The summed E-state index contributed by atoms with van der Waals surface area (Å²) in [6.45, 7) is 6.56.